The van der Waals surface area contributed by atoms with Crippen molar-refractivity contribution >= 4 is 46.7 Å². The number of halogens is 1. The van der Waals surface area contributed by atoms with Crippen LogP contribution in [0, 0.1) is 6.92 Å². The van der Waals surface area contributed by atoms with Gasteiger partial charge in [0, 0.05) is 15.6 Å². The largest absolute Gasteiger partial charge is 0.329 e. The molecule has 2 rings (SSSR count). The van der Waals surface area contributed by atoms with E-state index in [1.165, 1.54) is 17.6 Å². The summed E-state index contributed by atoms with van der Waals surface area (Å²) >= 11 is 7.23. The van der Waals surface area contributed by atoms with Gasteiger partial charge >= 0.3 is 11.8 Å². The molecule has 0 saturated carbocycles. The Morgan fingerprint density at radius 2 is 1.90 bits per heavy atom. The van der Waals surface area contributed by atoms with E-state index in [9.17, 15) is 9.59 Å². The molecular formula is C14H12ClN3O2S. The van der Waals surface area contributed by atoms with Crippen LogP contribution in [0.1, 0.15) is 10.4 Å². The summed E-state index contributed by atoms with van der Waals surface area (Å²) in [5.41, 5.74) is 3.72. The van der Waals surface area contributed by atoms with Gasteiger partial charge in [0.25, 0.3) is 0 Å². The number of thiophene rings is 1. The fraction of sp³-hybridized carbons (Fsp3) is 0.0714. The monoisotopic (exact) mass is 321 g/mol. The van der Waals surface area contributed by atoms with Gasteiger partial charge in [-0.3, -0.25) is 9.59 Å². The van der Waals surface area contributed by atoms with E-state index >= 15 is 0 Å². The van der Waals surface area contributed by atoms with Gasteiger partial charge in [-0.25, -0.2) is 5.43 Å². The molecule has 0 aliphatic heterocycles. The SMILES string of the molecule is Cc1ccsc1/C=N\NC(=O)C(=O)Nc1ccc(Cl)cc1. The molecule has 7 heteroatoms. The highest BCUT2D eigenvalue weighted by Gasteiger charge is 2.12. The van der Waals surface area contributed by atoms with E-state index in [1.807, 2.05) is 18.4 Å². The average molecular weight is 322 g/mol. The van der Waals surface area contributed by atoms with Crippen LogP contribution in [0.25, 0.3) is 0 Å². The standard InChI is InChI=1S/C14H12ClN3O2S/c1-9-6-7-21-12(9)8-16-18-14(20)13(19)17-11-4-2-10(15)3-5-11/h2-8H,1H3,(H,17,19)(H,18,20)/b16-8-. The molecule has 1 heterocycles. The molecule has 0 fully saturated rings. The molecule has 1 aromatic carbocycles. The van der Waals surface area contributed by atoms with Crippen molar-refractivity contribution in [3.8, 4) is 0 Å². The zero-order valence-electron chi connectivity index (χ0n) is 11.1. The summed E-state index contributed by atoms with van der Waals surface area (Å²) in [6.07, 6.45) is 1.51. The summed E-state index contributed by atoms with van der Waals surface area (Å²) in [7, 11) is 0. The molecule has 0 unspecified atom stereocenters. The van der Waals surface area contributed by atoms with Crippen LogP contribution in [0.4, 0.5) is 5.69 Å². The fourth-order valence-corrected chi connectivity index (χ4v) is 2.35. The number of hydrogen-bond acceptors (Lipinski definition) is 4. The molecule has 2 N–H and O–H groups in total. The zero-order valence-corrected chi connectivity index (χ0v) is 12.7. The Morgan fingerprint density at radius 1 is 1.19 bits per heavy atom. The molecule has 0 atom stereocenters. The third-order valence-electron chi connectivity index (χ3n) is 2.56. The maximum Gasteiger partial charge on any atom is 0.329 e. The lowest BCUT2D eigenvalue weighted by Gasteiger charge is -2.03. The van der Waals surface area contributed by atoms with Gasteiger partial charge in [-0.1, -0.05) is 11.6 Å². The smallest absolute Gasteiger partial charge is 0.318 e. The fourth-order valence-electron chi connectivity index (χ4n) is 1.44. The summed E-state index contributed by atoms with van der Waals surface area (Å²) in [5, 5.41) is 8.67. The Balaban J connectivity index is 1.88. The van der Waals surface area contributed by atoms with E-state index in [1.54, 1.807) is 24.3 Å². The first-order chi connectivity index (χ1) is 10.1. The topological polar surface area (TPSA) is 70.6 Å². The van der Waals surface area contributed by atoms with Crippen molar-refractivity contribution in [2.75, 3.05) is 5.32 Å². The van der Waals surface area contributed by atoms with Crippen molar-refractivity contribution in [2.45, 2.75) is 6.92 Å². The molecule has 0 bridgehead atoms. The molecule has 2 amide bonds. The first-order valence-corrected chi connectivity index (χ1v) is 7.26. The van der Waals surface area contributed by atoms with Gasteiger partial charge in [0.2, 0.25) is 0 Å². The van der Waals surface area contributed by atoms with Crippen molar-refractivity contribution in [3.05, 3.63) is 51.2 Å². The van der Waals surface area contributed by atoms with Crippen LogP contribution in [0.3, 0.4) is 0 Å². The molecule has 0 spiro atoms. The molecule has 108 valence electrons. The Hall–Kier alpha value is -2.18. The number of nitrogens with one attached hydrogen (secondary N) is 2. The number of benzene rings is 1. The maximum atomic E-state index is 11.6. The predicted molar refractivity (Wildman–Crippen MR) is 84.9 cm³/mol. The lowest BCUT2D eigenvalue weighted by Crippen LogP contribution is -2.32. The highest BCUT2D eigenvalue weighted by Crippen LogP contribution is 2.13. The second-order valence-electron chi connectivity index (χ2n) is 4.13. The van der Waals surface area contributed by atoms with Gasteiger partial charge in [-0.2, -0.15) is 5.10 Å². The molecular weight excluding hydrogens is 310 g/mol. The highest BCUT2D eigenvalue weighted by molar-refractivity contribution is 7.11. The third-order valence-corrected chi connectivity index (χ3v) is 3.76. The van der Waals surface area contributed by atoms with E-state index in [4.69, 9.17) is 11.6 Å². The van der Waals surface area contributed by atoms with Crippen LogP contribution >= 0.6 is 22.9 Å². The minimum absolute atomic E-state index is 0.484. The van der Waals surface area contributed by atoms with Crippen molar-refractivity contribution in [1.29, 1.82) is 0 Å². The molecule has 0 aliphatic rings. The summed E-state index contributed by atoms with van der Waals surface area (Å²) in [4.78, 5) is 24.1. The minimum Gasteiger partial charge on any atom is -0.318 e. The van der Waals surface area contributed by atoms with Crippen molar-refractivity contribution in [1.82, 2.24) is 5.43 Å². The average Bonchev–Trinajstić information content (AvgIpc) is 2.87. The van der Waals surface area contributed by atoms with E-state index in [0.717, 1.165) is 10.4 Å². The molecule has 5 nitrogen and oxygen atoms in total. The number of rotatable bonds is 3. The second-order valence-corrected chi connectivity index (χ2v) is 5.51. The van der Waals surface area contributed by atoms with E-state index in [2.05, 4.69) is 15.8 Å². The number of aryl methyl sites for hydroxylation is 1. The normalized spacial score (nSPS) is 10.6. The Morgan fingerprint density at radius 3 is 2.52 bits per heavy atom. The van der Waals surface area contributed by atoms with E-state index in [0.29, 0.717) is 10.7 Å². The number of amides is 2. The maximum absolute atomic E-state index is 11.6. The Kier molecular flexibility index (Phi) is 5.08. The quantitative estimate of drug-likeness (QED) is 0.518. The van der Waals surface area contributed by atoms with Crippen LogP contribution in [0.15, 0.2) is 40.8 Å². The van der Waals surface area contributed by atoms with Crippen LogP contribution in [-0.2, 0) is 9.59 Å². The predicted octanol–water partition coefficient (Wildman–Crippen LogP) is 2.80. The third kappa shape index (κ3) is 4.40. The molecule has 2 aromatic rings. The van der Waals surface area contributed by atoms with Crippen LogP contribution < -0.4 is 10.7 Å². The number of hydrogen-bond donors (Lipinski definition) is 2. The number of nitrogens with zero attached hydrogens (tertiary/aromatic N) is 1. The van der Waals surface area contributed by atoms with Crippen LogP contribution in [0.5, 0.6) is 0 Å². The highest BCUT2D eigenvalue weighted by atomic mass is 35.5. The summed E-state index contributed by atoms with van der Waals surface area (Å²) in [6, 6.07) is 8.39. The van der Waals surface area contributed by atoms with Crippen molar-refractivity contribution in [3.63, 3.8) is 0 Å². The minimum atomic E-state index is -0.838. The van der Waals surface area contributed by atoms with Crippen molar-refractivity contribution in [2.24, 2.45) is 5.10 Å². The summed E-state index contributed by atoms with van der Waals surface area (Å²) in [6.45, 7) is 1.94. The lowest BCUT2D eigenvalue weighted by atomic mass is 10.3. The Bertz CT molecular complexity index is 680. The lowest BCUT2D eigenvalue weighted by molar-refractivity contribution is -0.136. The zero-order chi connectivity index (χ0) is 15.2. The van der Waals surface area contributed by atoms with Gasteiger partial charge in [0.05, 0.1) is 6.21 Å². The Labute approximate surface area is 130 Å². The first-order valence-electron chi connectivity index (χ1n) is 6.00. The summed E-state index contributed by atoms with van der Waals surface area (Å²) in [5.74, 6) is -1.63. The molecule has 0 saturated heterocycles. The van der Waals surface area contributed by atoms with E-state index < -0.39 is 11.8 Å². The molecule has 0 aliphatic carbocycles. The van der Waals surface area contributed by atoms with Gasteiger partial charge in [-0.05, 0) is 48.2 Å². The van der Waals surface area contributed by atoms with Gasteiger partial charge in [0.15, 0.2) is 0 Å². The second kappa shape index (κ2) is 7.01. The molecule has 21 heavy (non-hydrogen) atoms. The first kappa shape index (κ1) is 15.2. The van der Waals surface area contributed by atoms with Gasteiger partial charge < -0.3 is 5.32 Å². The van der Waals surface area contributed by atoms with Gasteiger partial charge in [0.1, 0.15) is 0 Å². The van der Waals surface area contributed by atoms with E-state index in [-0.39, 0.29) is 0 Å². The van der Waals surface area contributed by atoms with Crippen LogP contribution in [-0.4, -0.2) is 18.0 Å². The van der Waals surface area contributed by atoms with Gasteiger partial charge in [-0.15, -0.1) is 11.3 Å². The molecule has 1 aromatic heterocycles. The van der Waals surface area contributed by atoms with Crippen LogP contribution in [0.2, 0.25) is 5.02 Å². The van der Waals surface area contributed by atoms with Crippen molar-refractivity contribution < 1.29 is 9.59 Å². The number of carbonyl (C=O) groups is 2. The number of anilines is 1. The number of carbonyl (C=O) groups excluding carboxylic acids is 2. The number of hydrazone groups is 1. The summed E-state index contributed by atoms with van der Waals surface area (Å²) < 4.78 is 0. The molecule has 0 radical (unpaired) electrons.